The monoisotopic (exact) mass is 236 g/mol. The van der Waals surface area contributed by atoms with Crippen molar-refractivity contribution in [3.05, 3.63) is 11.6 Å². The van der Waals surface area contributed by atoms with Gasteiger partial charge in [0, 0.05) is 26.0 Å². The lowest BCUT2D eigenvalue weighted by Gasteiger charge is -2.19. The summed E-state index contributed by atoms with van der Waals surface area (Å²) in [7, 11) is 0. The molecule has 0 saturated carbocycles. The van der Waals surface area contributed by atoms with Crippen molar-refractivity contribution in [1.29, 1.82) is 0 Å². The quantitative estimate of drug-likeness (QED) is 0.774. The maximum absolute atomic E-state index is 9.19. The Morgan fingerprint density at radius 2 is 2.29 bits per heavy atom. The van der Waals surface area contributed by atoms with Gasteiger partial charge < -0.3 is 10.4 Å². The van der Waals surface area contributed by atoms with E-state index in [-0.39, 0.29) is 6.61 Å². The van der Waals surface area contributed by atoms with Crippen LogP contribution in [0.25, 0.3) is 0 Å². The van der Waals surface area contributed by atoms with Crippen LogP contribution in [0.5, 0.6) is 0 Å². The largest absolute Gasteiger partial charge is 0.396 e. The average Bonchev–Trinajstić information content (AvgIpc) is 2.96. The van der Waals surface area contributed by atoms with Crippen LogP contribution in [0.15, 0.2) is 0 Å². The molecule has 5 nitrogen and oxygen atoms in total. The van der Waals surface area contributed by atoms with Gasteiger partial charge >= 0.3 is 0 Å². The second kappa shape index (κ2) is 4.74. The summed E-state index contributed by atoms with van der Waals surface area (Å²) in [5.41, 5.74) is 0. The Hall–Kier alpha value is -0.940. The molecular weight excluding hydrogens is 216 g/mol. The fraction of sp³-hybridized carbons (Fsp3) is 0.833. The SMILES string of the molecule is OCC1CCn2nc(CC3CCNC3)nc2C1. The van der Waals surface area contributed by atoms with E-state index < -0.39 is 0 Å². The van der Waals surface area contributed by atoms with E-state index in [1.54, 1.807) is 0 Å². The van der Waals surface area contributed by atoms with E-state index in [4.69, 9.17) is 0 Å². The fourth-order valence-corrected chi connectivity index (χ4v) is 2.81. The number of hydrogen-bond acceptors (Lipinski definition) is 4. The lowest BCUT2D eigenvalue weighted by atomic mass is 9.99. The second-order valence-corrected chi connectivity index (χ2v) is 5.27. The first kappa shape index (κ1) is 11.2. The lowest BCUT2D eigenvalue weighted by Crippen LogP contribution is -2.22. The van der Waals surface area contributed by atoms with Gasteiger partial charge in [-0.1, -0.05) is 0 Å². The second-order valence-electron chi connectivity index (χ2n) is 5.27. The smallest absolute Gasteiger partial charge is 0.151 e. The molecule has 1 fully saturated rings. The third-order valence-electron chi connectivity index (χ3n) is 3.90. The Morgan fingerprint density at radius 3 is 3.06 bits per heavy atom. The molecule has 2 N–H and O–H groups in total. The van der Waals surface area contributed by atoms with Crippen molar-refractivity contribution in [2.24, 2.45) is 11.8 Å². The summed E-state index contributed by atoms with van der Waals surface area (Å²) in [6.45, 7) is 3.42. The number of aliphatic hydroxyl groups is 1. The van der Waals surface area contributed by atoms with E-state index >= 15 is 0 Å². The molecule has 1 aromatic rings. The van der Waals surface area contributed by atoms with Crippen LogP contribution in [0, 0.1) is 11.8 Å². The van der Waals surface area contributed by atoms with Gasteiger partial charge in [0.25, 0.3) is 0 Å². The zero-order valence-corrected chi connectivity index (χ0v) is 10.1. The molecular formula is C12H20N4O. The molecule has 0 spiro atoms. The highest BCUT2D eigenvalue weighted by molar-refractivity contribution is 4.99. The zero-order chi connectivity index (χ0) is 11.7. The Labute approximate surface area is 101 Å². The molecule has 1 aromatic heterocycles. The lowest BCUT2D eigenvalue weighted by molar-refractivity contribution is 0.196. The molecule has 3 rings (SSSR count). The van der Waals surface area contributed by atoms with Crippen LogP contribution in [0.3, 0.4) is 0 Å². The van der Waals surface area contributed by atoms with Crippen LogP contribution >= 0.6 is 0 Å². The molecule has 5 heteroatoms. The summed E-state index contributed by atoms with van der Waals surface area (Å²) >= 11 is 0. The highest BCUT2D eigenvalue weighted by Crippen LogP contribution is 2.20. The minimum atomic E-state index is 0.273. The summed E-state index contributed by atoms with van der Waals surface area (Å²) in [6.07, 6.45) is 4.14. The summed E-state index contributed by atoms with van der Waals surface area (Å²) in [5, 5.41) is 17.1. The maximum atomic E-state index is 9.19. The predicted octanol–water partition coefficient (Wildman–Crippen LogP) is -0.0152. The maximum Gasteiger partial charge on any atom is 0.151 e. The van der Waals surface area contributed by atoms with E-state index in [1.165, 1.54) is 6.42 Å². The minimum absolute atomic E-state index is 0.273. The Morgan fingerprint density at radius 1 is 1.35 bits per heavy atom. The number of aliphatic hydroxyl groups excluding tert-OH is 1. The summed E-state index contributed by atoms with van der Waals surface area (Å²) in [4.78, 5) is 4.63. The first-order valence-electron chi connectivity index (χ1n) is 6.59. The van der Waals surface area contributed by atoms with Crippen LogP contribution in [0.2, 0.25) is 0 Å². The van der Waals surface area contributed by atoms with Gasteiger partial charge in [0.2, 0.25) is 0 Å². The predicted molar refractivity (Wildman–Crippen MR) is 63.6 cm³/mol. The van der Waals surface area contributed by atoms with Gasteiger partial charge in [0.05, 0.1) is 0 Å². The molecule has 0 radical (unpaired) electrons. The average molecular weight is 236 g/mol. The van der Waals surface area contributed by atoms with E-state index in [0.717, 1.165) is 50.5 Å². The highest BCUT2D eigenvalue weighted by atomic mass is 16.3. The van der Waals surface area contributed by atoms with Crippen LogP contribution in [0.4, 0.5) is 0 Å². The van der Waals surface area contributed by atoms with E-state index in [2.05, 4.69) is 15.4 Å². The van der Waals surface area contributed by atoms with Crippen LogP contribution < -0.4 is 5.32 Å². The Balaban J connectivity index is 1.69. The zero-order valence-electron chi connectivity index (χ0n) is 10.1. The number of nitrogens with one attached hydrogen (secondary N) is 1. The number of fused-ring (bicyclic) bond motifs is 1. The molecule has 17 heavy (non-hydrogen) atoms. The highest BCUT2D eigenvalue weighted by Gasteiger charge is 2.23. The molecule has 94 valence electrons. The van der Waals surface area contributed by atoms with Gasteiger partial charge in [0.1, 0.15) is 5.82 Å². The number of hydrogen-bond donors (Lipinski definition) is 2. The van der Waals surface area contributed by atoms with Crippen LogP contribution in [-0.2, 0) is 19.4 Å². The molecule has 2 aliphatic heterocycles. The van der Waals surface area contributed by atoms with Gasteiger partial charge in [0.15, 0.2) is 5.82 Å². The van der Waals surface area contributed by atoms with Crippen molar-refractivity contribution >= 4 is 0 Å². The molecule has 2 aliphatic rings. The van der Waals surface area contributed by atoms with Crippen molar-refractivity contribution in [2.75, 3.05) is 19.7 Å². The van der Waals surface area contributed by atoms with Gasteiger partial charge in [-0.2, -0.15) is 5.10 Å². The van der Waals surface area contributed by atoms with Crippen molar-refractivity contribution in [1.82, 2.24) is 20.1 Å². The van der Waals surface area contributed by atoms with Crippen molar-refractivity contribution in [2.45, 2.75) is 32.2 Å². The van der Waals surface area contributed by atoms with Gasteiger partial charge in [-0.3, -0.25) is 0 Å². The molecule has 2 atom stereocenters. The molecule has 0 amide bonds. The Bertz CT molecular complexity index is 384. The number of aromatic nitrogens is 3. The topological polar surface area (TPSA) is 63.0 Å². The molecule has 2 unspecified atom stereocenters. The molecule has 0 aromatic carbocycles. The summed E-state index contributed by atoms with van der Waals surface area (Å²) in [5.74, 6) is 3.14. The van der Waals surface area contributed by atoms with Crippen molar-refractivity contribution in [3.63, 3.8) is 0 Å². The summed E-state index contributed by atoms with van der Waals surface area (Å²) in [6, 6.07) is 0. The van der Waals surface area contributed by atoms with Gasteiger partial charge in [-0.25, -0.2) is 9.67 Å². The standard InChI is InChI=1S/C12H20N4O/c17-8-10-2-4-16-12(6-10)14-11(15-16)5-9-1-3-13-7-9/h9-10,13,17H,1-8H2. The third-order valence-corrected chi connectivity index (χ3v) is 3.90. The third kappa shape index (κ3) is 2.35. The van der Waals surface area contributed by atoms with Gasteiger partial charge in [-0.15, -0.1) is 0 Å². The fourth-order valence-electron chi connectivity index (χ4n) is 2.81. The number of rotatable bonds is 3. The normalized spacial score (nSPS) is 28.3. The van der Waals surface area contributed by atoms with Crippen molar-refractivity contribution < 1.29 is 5.11 Å². The van der Waals surface area contributed by atoms with Crippen LogP contribution in [0.1, 0.15) is 24.5 Å². The number of nitrogens with zero attached hydrogens (tertiary/aromatic N) is 3. The molecule has 3 heterocycles. The first-order chi connectivity index (χ1) is 8.35. The van der Waals surface area contributed by atoms with E-state index in [1.807, 2.05) is 4.68 Å². The first-order valence-corrected chi connectivity index (χ1v) is 6.59. The Kier molecular flexibility index (Phi) is 3.11. The molecule has 0 bridgehead atoms. The van der Waals surface area contributed by atoms with E-state index in [9.17, 15) is 5.11 Å². The molecule has 1 saturated heterocycles. The van der Waals surface area contributed by atoms with Crippen LogP contribution in [-0.4, -0.2) is 39.6 Å². The van der Waals surface area contributed by atoms with Gasteiger partial charge in [-0.05, 0) is 37.8 Å². The van der Waals surface area contributed by atoms with Crippen molar-refractivity contribution in [3.8, 4) is 0 Å². The molecule has 0 aliphatic carbocycles. The summed E-state index contributed by atoms with van der Waals surface area (Å²) < 4.78 is 2.03. The van der Waals surface area contributed by atoms with E-state index in [0.29, 0.717) is 11.8 Å². The number of aryl methyl sites for hydroxylation is 1. The minimum Gasteiger partial charge on any atom is -0.396 e.